The fourth-order valence-corrected chi connectivity index (χ4v) is 2.45. The highest BCUT2D eigenvalue weighted by Crippen LogP contribution is 2.32. The van der Waals surface area contributed by atoms with Crippen LogP contribution in [0.15, 0.2) is 0 Å². The summed E-state index contributed by atoms with van der Waals surface area (Å²) in [6.07, 6.45) is 2.54. The normalized spacial score (nSPS) is 26.8. The Morgan fingerprint density at radius 1 is 1.37 bits per heavy atom. The predicted molar refractivity (Wildman–Crippen MR) is 70.9 cm³/mol. The lowest BCUT2D eigenvalue weighted by Crippen LogP contribution is -2.59. The van der Waals surface area contributed by atoms with Crippen LogP contribution in [-0.2, 0) is 4.79 Å². The van der Waals surface area contributed by atoms with E-state index in [0.717, 1.165) is 12.8 Å². The van der Waals surface area contributed by atoms with Gasteiger partial charge in [-0.25, -0.2) is 9.59 Å². The van der Waals surface area contributed by atoms with Crippen molar-refractivity contribution >= 4 is 12.0 Å². The minimum atomic E-state index is -1.15. The number of hydrogen-bond donors (Lipinski definition) is 3. The van der Waals surface area contributed by atoms with Crippen LogP contribution in [0, 0.1) is 5.92 Å². The first-order chi connectivity index (χ1) is 8.95. The van der Waals surface area contributed by atoms with Gasteiger partial charge in [-0.05, 0) is 38.5 Å². The van der Waals surface area contributed by atoms with Gasteiger partial charge in [-0.3, -0.25) is 0 Å². The number of urea groups is 1. The average molecular weight is 272 g/mol. The first kappa shape index (κ1) is 15.8. The van der Waals surface area contributed by atoms with Crippen LogP contribution in [0.2, 0.25) is 0 Å². The SMILES string of the molecule is CCN(CCO)C(=O)NC1(C(=O)O)CCC(C)CC1. The number of aliphatic carboxylic acids is 1. The second-order valence-corrected chi connectivity index (χ2v) is 5.30. The van der Waals surface area contributed by atoms with Crippen LogP contribution in [0.4, 0.5) is 4.79 Å². The van der Waals surface area contributed by atoms with E-state index < -0.39 is 17.5 Å². The van der Waals surface area contributed by atoms with Gasteiger partial charge in [-0.2, -0.15) is 0 Å². The van der Waals surface area contributed by atoms with Crippen LogP contribution >= 0.6 is 0 Å². The van der Waals surface area contributed by atoms with E-state index in [1.54, 1.807) is 6.92 Å². The third kappa shape index (κ3) is 3.83. The molecule has 0 saturated heterocycles. The minimum Gasteiger partial charge on any atom is -0.480 e. The van der Waals surface area contributed by atoms with Crippen LogP contribution in [0.5, 0.6) is 0 Å². The zero-order chi connectivity index (χ0) is 14.5. The van der Waals surface area contributed by atoms with Gasteiger partial charge in [-0.1, -0.05) is 6.92 Å². The number of nitrogens with zero attached hydrogens (tertiary/aromatic N) is 1. The Kier molecular flexibility index (Phi) is 5.60. The van der Waals surface area contributed by atoms with Crippen LogP contribution in [0.25, 0.3) is 0 Å². The van der Waals surface area contributed by atoms with Crippen LogP contribution < -0.4 is 5.32 Å². The third-order valence-electron chi connectivity index (χ3n) is 3.92. The van der Waals surface area contributed by atoms with Gasteiger partial charge in [0.05, 0.1) is 6.61 Å². The monoisotopic (exact) mass is 272 g/mol. The van der Waals surface area contributed by atoms with Gasteiger partial charge in [0.15, 0.2) is 0 Å². The number of carbonyl (C=O) groups is 2. The summed E-state index contributed by atoms with van der Waals surface area (Å²) in [5.74, 6) is -0.461. The predicted octanol–water partition coefficient (Wildman–Crippen LogP) is 1.04. The Morgan fingerprint density at radius 3 is 2.37 bits per heavy atom. The number of aliphatic hydroxyl groups is 1. The van der Waals surface area contributed by atoms with Crippen molar-refractivity contribution in [3.63, 3.8) is 0 Å². The summed E-state index contributed by atoms with van der Waals surface area (Å²) in [6.45, 7) is 4.43. The van der Waals surface area contributed by atoms with Gasteiger partial charge in [0.25, 0.3) is 0 Å². The largest absolute Gasteiger partial charge is 0.480 e. The van der Waals surface area contributed by atoms with Gasteiger partial charge in [0.2, 0.25) is 0 Å². The van der Waals surface area contributed by atoms with Gasteiger partial charge in [0.1, 0.15) is 5.54 Å². The van der Waals surface area contributed by atoms with Crippen molar-refractivity contribution in [2.24, 2.45) is 5.92 Å². The molecule has 0 aromatic heterocycles. The summed E-state index contributed by atoms with van der Waals surface area (Å²) < 4.78 is 0. The van der Waals surface area contributed by atoms with E-state index in [1.807, 2.05) is 0 Å². The van der Waals surface area contributed by atoms with E-state index in [9.17, 15) is 14.7 Å². The number of rotatable bonds is 5. The summed E-state index contributed by atoms with van der Waals surface area (Å²) in [5.41, 5.74) is -1.15. The fraction of sp³-hybridized carbons (Fsp3) is 0.846. The lowest BCUT2D eigenvalue weighted by molar-refractivity contribution is -0.146. The lowest BCUT2D eigenvalue weighted by atomic mass is 9.77. The standard InChI is InChI=1S/C13H24N2O4/c1-3-15(8-9-16)12(19)14-13(11(17)18)6-4-10(2)5-7-13/h10,16H,3-9H2,1-2H3,(H,14,19)(H,17,18). The van der Waals surface area contributed by atoms with Crippen molar-refractivity contribution in [2.45, 2.75) is 45.1 Å². The molecular formula is C13H24N2O4. The molecule has 1 aliphatic carbocycles. The molecule has 0 unspecified atom stereocenters. The van der Waals surface area contributed by atoms with Crippen LogP contribution in [-0.4, -0.2) is 52.3 Å². The van der Waals surface area contributed by atoms with E-state index in [-0.39, 0.29) is 13.2 Å². The quantitative estimate of drug-likeness (QED) is 0.697. The summed E-state index contributed by atoms with van der Waals surface area (Å²) in [4.78, 5) is 25.0. The molecule has 1 aliphatic rings. The van der Waals surface area contributed by atoms with Crippen molar-refractivity contribution in [2.75, 3.05) is 19.7 Å². The molecule has 0 atom stereocenters. The molecule has 0 aliphatic heterocycles. The second-order valence-electron chi connectivity index (χ2n) is 5.30. The van der Waals surface area contributed by atoms with E-state index in [2.05, 4.69) is 12.2 Å². The Morgan fingerprint density at radius 2 is 1.95 bits per heavy atom. The van der Waals surface area contributed by atoms with E-state index in [4.69, 9.17) is 5.11 Å². The molecule has 1 rings (SSSR count). The summed E-state index contributed by atoms with van der Waals surface area (Å²) >= 11 is 0. The van der Waals surface area contributed by atoms with Crippen molar-refractivity contribution < 1.29 is 19.8 Å². The maximum atomic E-state index is 12.1. The van der Waals surface area contributed by atoms with E-state index in [0.29, 0.717) is 25.3 Å². The number of carbonyl (C=O) groups excluding carboxylic acids is 1. The second kappa shape index (κ2) is 6.75. The van der Waals surface area contributed by atoms with Gasteiger partial charge in [0, 0.05) is 13.1 Å². The van der Waals surface area contributed by atoms with Crippen LogP contribution in [0.1, 0.15) is 39.5 Å². The molecule has 19 heavy (non-hydrogen) atoms. The highest BCUT2D eigenvalue weighted by Gasteiger charge is 2.43. The first-order valence-corrected chi connectivity index (χ1v) is 6.86. The molecule has 0 aromatic rings. The van der Waals surface area contributed by atoms with Gasteiger partial charge in [-0.15, -0.1) is 0 Å². The molecular weight excluding hydrogens is 248 g/mol. The molecule has 2 amide bonds. The first-order valence-electron chi connectivity index (χ1n) is 6.86. The molecule has 1 fully saturated rings. The van der Waals surface area contributed by atoms with Crippen LogP contribution in [0.3, 0.4) is 0 Å². The maximum absolute atomic E-state index is 12.1. The molecule has 0 spiro atoms. The Balaban J connectivity index is 2.73. The Bertz CT molecular complexity index is 325. The van der Waals surface area contributed by atoms with Crippen molar-refractivity contribution in [3.8, 4) is 0 Å². The lowest BCUT2D eigenvalue weighted by Gasteiger charge is -2.37. The number of carboxylic acids is 1. The fourth-order valence-electron chi connectivity index (χ4n) is 2.45. The number of nitrogens with one attached hydrogen (secondary N) is 1. The average Bonchev–Trinajstić information content (AvgIpc) is 2.38. The van der Waals surface area contributed by atoms with Gasteiger partial charge >= 0.3 is 12.0 Å². The molecule has 0 aromatic carbocycles. The zero-order valence-corrected chi connectivity index (χ0v) is 11.7. The van der Waals surface area contributed by atoms with Gasteiger partial charge < -0.3 is 20.4 Å². The zero-order valence-electron chi connectivity index (χ0n) is 11.7. The summed E-state index contributed by atoms with van der Waals surface area (Å²) in [6, 6.07) is -0.409. The molecule has 110 valence electrons. The molecule has 0 bridgehead atoms. The molecule has 3 N–H and O–H groups in total. The van der Waals surface area contributed by atoms with Crippen molar-refractivity contribution in [3.05, 3.63) is 0 Å². The molecule has 0 radical (unpaired) electrons. The number of hydrogen-bond acceptors (Lipinski definition) is 3. The highest BCUT2D eigenvalue weighted by atomic mass is 16.4. The smallest absolute Gasteiger partial charge is 0.329 e. The van der Waals surface area contributed by atoms with Crippen molar-refractivity contribution in [1.29, 1.82) is 0 Å². The Labute approximate surface area is 113 Å². The number of likely N-dealkylation sites (N-methyl/N-ethyl adjacent to an activating group) is 1. The topological polar surface area (TPSA) is 89.9 Å². The van der Waals surface area contributed by atoms with E-state index in [1.165, 1.54) is 4.90 Å². The Hall–Kier alpha value is -1.30. The minimum absolute atomic E-state index is 0.127. The molecule has 1 saturated carbocycles. The maximum Gasteiger partial charge on any atom is 0.329 e. The summed E-state index contributed by atoms with van der Waals surface area (Å²) in [7, 11) is 0. The van der Waals surface area contributed by atoms with E-state index >= 15 is 0 Å². The summed E-state index contributed by atoms with van der Waals surface area (Å²) in [5, 5.41) is 21.0. The number of carboxylic acid groups (broad SMARTS) is 1. The number of aliphatic hydroxyl groups excluding tert-OH is 1. The molecule has 6 heteroatoms. The molecule has 0 heterocycles. The molecule has 6 nitrogen and oxygen atoms in total. The van der Waals surface area contributed by atoms with Crippen molar-refractivity contribution in [1.82, 2.24) is 10.2 Å². The number of amides is 2. The third-order valence-corrected chi connectivity index (χ3v) is 3.92. The highest BCUT2D eigenvalue weighted by molar-refractivity contribution is 5.86.